The van der Waals surface area contributed by atoms with Gasteiger partial charge in [-0.25, -0.2) is 9.67 Å². The number of carboxylic acid groups (broad SMARTS) is 1. The molecule has 11 heteroatoms. The standard InChI is InChI=1S/C23H28F3N5O3/c1-3-5-8-19-16(15-31(28-19)20-10-9-18(13-27-20)23(24,25)26)7-6-11-34-22-17(12-21(32)33)14-30(4-2)29-22/h9-10,13-15H,3-8,11-12H2,1-2H3,(H,32,33). The van der Waals surface area contributed by atoms with Gasteiger partial charge in [-0.05, 0) is 50.3 Å². The van der Waals surface area contributed by atoms with Crippen molar-refractivity contribution in [3.8, 4) is 11.7 Å². The van der Waals surface area contributed by atoms with Crippen LogP contribution in [-0.4, -0.2) is 42.2 Å². The average molecular weight is 480 g/mol. The van der Waals surface area contributed by atoms with Gasteiger partial charge in [0.2, 0.25) is 5.88 Å². The van der Waals surface area contributed by atoms with E-state index in [4.69, 9.17) is 9.84 Å². The summed E-state index contributed by atoms with van der Waals surface area (Å²) in [5.41, 5.74) is 1.58. The van der Waals surface area contributed by atoms with E-state index in [0.717, 1.165) is 42.8 Å². The number of hydrogen-bond acceptors (Lipinski definition) is 5. The third-order valence-corrected chi connectivity index (χ3v) is 5.25. The number of pyridine rings is 1. The second kappa shape index (κ2) is 11.2. The first-order valence-electron chi connectivity index (χ1n) is 11.2. The fourth-order valence-corrected chi connectivity index (χ4v) is 3.46. The number of carbonyl (C=O) groups is 1. The fourth-order valence-electron chi connectivity index (χ4n) is 3.46. The van der Waals surface area contributed by atoms with Crippen LogP contribution in [0.1, 0.15) is 55.5 Å². The summed E-state index contributed by atoms with van der Waals surface area (Å²) >= 11 is 0. The molecule has 3 aromatic rings. The van der Waals surface area contributed by atoms with Crippen LogP contribution in [0.15, 0.2) is 30.7 Å². The van der Waals surface area contributed by atoms with Crippen LogP contribution < -0.4 is 4.74 Å². The highest BCUT2D eigenvalue weighted by Crippen LogP contribution is 2.29. The van der Waals surface area contributed by atoms with Gasteiger partial charge in [-0.2, -0.15) is 18.3 Å². The van der Waals surface area contributed by atoms with Crippen molar-refractivity contribution >= 4 is 5.97 Å². The summed E-state index contributed by atoms with van der Waals surface area (Å²) < 4.78 is 47.4. The number of alkyl halides is 3. The fraction of sp³-hybridized carbons (Fsp3) is 0.478. The molecular weight excluding hydrogens is 451 g/mol. The zero-order chi connectivity index (χ0) is 24.7. The third kappa shape index (κ3) is 6.58. The number of hydrogen-bond donors (Lipinski definition) is 1. The van der Waals surface area contributed by atoms with E-state index in [1.165, 1.54) is 10.7 Å². The zero-order valence-corrected chi connectivity index (χ0v) is 19.2. The molecule has 0 atom stereocenters. The number of halogens is 3. The summed E-state index contributed by atoms with van der Waals surface area (Å²) in [6, 6.07) is 2.30. The predicted molar refractivity (Wildman–Crippen MR) is 118 cm³/mol. The maximum absolute atomic E-state index is 12.8. The molecular formula is C23H28F3N5O3. The number of ether oxygens (including phenoxy) is 1. The molecule has 0 saturated heterocycles. The van der Waals surface area contributed by atoms with Gasteiger partial charge in [-0.3, -0.25) is 9.48 Å². The molecule has 8 nitrogen and oxygen atoms in total. The van der Waals surface area contributed by atoms with Gasteiger partial charge in [0, 0.05) is 30.7 Å². The van der Waals surface area contributed by atoms with Crippen molar-refractivity contribution in [2.75, 3.05) is 6.61 Å². The number of aliphatic carboxylic acids is 1. The molecule has 0 aliphatic rings. The lowest BCUT2D eigenvalue weighted by molar-refractivity contribution is -0.138. The monoisotopic (exact) mass is 479 g/mol. The minimum atomic E-state index is -4.44. The molecule has 34 heavy (non-hydrogen) atoms. The molecule has 3 aromatic heterocycles. The number of nitrogens with zero attached hydrogens (tertiary/aromatic N) is 5. The Morgan fingerprint density at radius 3 is 2.50 bits per heavy atom. The van der Waals surface area contributed by atoms with Gasteiger partial charge in [-0.1, -0.05) is 13.3 Å². The van der Waals surface area contributed by atoms with Gasteiger partial charge < -0.3 is 9.84 Å². The smallest absolute Gasteiger partial charge is 0.417 e. The van der Waals surface area contributed by atoms with E-state index in [9.17, 15) is 18.0 Å². The summed E-state index contributed by atoms with van der Waals surface area (Å²) in [6.45, 7) is 4.92. The first-order valence-corrected chi connectivity index (χ1v) is 11.2. The second-order valence-corrected chi connectivity index (χ2v) is 7.89. The highest BCUT2D eigenvalue weighted by atomic mass is 19.4. The molecule has 0 bridgehead atoms. The number of carboxylic acids is 1. The van der Waals surface area contributed by atoms with Gasteiger partial charge in [0.05, 0.1) is 24.3 Å². The van der Waals surface area contributed by atoms with Gasteiger partial charge >= 0.3 is 12.1 Å². The van der Waals surface area contributed by atoms with Crippen LogP contribution in [0.3, 0.4) is 0 Å². The van der Waals surface area contributed by atoms with Crippen molar-refractivity contribution in [2.45, 2.75) is 65.1 Å². The van der Waals surface area contributed by atoms with Crippen molar-refractivity contribution < 1.29 is 27.8 Å². The highest BCUT2D eigenvalue weighted by Gasteiger charge is 2.30. The van der Waals surface area contributed by atoms with Crippen molar-refractivity contribution in [3.05, 3.63) is 53.1 Å². The average Bonchev–Trinajstić information content (AvgIpc) is 3.38. The Hall–Kier alpha value is -3.37. The molecule has 0 amide bonds. The van der Waals surface area contributed by atoms with Crippen LogP contribution >= 0.6 is 0 Å². The number of aryl methyl sites for hydroxylation is 3. The Balaban J connectivity index is 1.68. The minimum Gasteiger partial charge on any atom is -0.481 e. The van der Waals surface area contributed by atoms with Crippen LogP contribution in [0.5, 0.6) is 5.88 Å². The molecule has 0 fully saturated rings. The second-order valence-electron chi connectivity index (χ2n) is 7.89. The highest BCUT2D eigenvalue weighted by molar-refractivity contribution is 5.70. The summed E-state index contributed by atoms with van der Waals surface area (Å²) in [5, 5.41) is 17.9. The summed E-state index contributed by atoms with van der Waals surface area (Å²) in [6.07, 6.45) is 3.63. The molecule has 0 aromatic carbocycles. The Bertz CT molecular complexity index is 1090. The summed E-state index contributed by atoms with van der Waals surface area (Å²) in [4.78, 5) is 15.0. The Morgan fingerprint density at radius 1 is 1.09 bits per heavy atom. The Morgan fingerprint density at radius 2 is 1.88 bits per heavy atom. The maximum Gasteiger partial charge on any atom is 0.417 e. The molecule has 3 heterocycles. The van der Waals surface area contributed by atoms with E-state index in [1.807, 2.05) is 6.92 Å². The van der Waals surface area contributed by atoms with Crippen molar-refractivity contribution in [1.82, 2.24) is 24.5 Å². The zero-order valence-electron chi connectivity index (χ0n) is 19.2. The lowest BCUT2D eigenvalue weighted by atomic mass is 10.1. The maximum atomic E-state index is 12.8. The molecule has 0 radical (unpaired) electrons. The van der Waals surface area contributed by atoms with Crippen LogP contribution in [-0.2, 0) is 36.8 Å². The number of rotatable bonds is 12. The van der Waals surface area contributed by atoms with Gasteiger partial charge in [0.15, 0.2) is 5.82 Å². The first kappa shape index (κ1) is 25.3. The molecule has 0 unspecified atom stereocenters. The molecule has 184 valence electrons. The van der Waals surface area contributed by atoms with E-state index in [-0.39, 0.29) is 6.42 Å². The number of unbranched alkanes of at least 4 members (excludes halogenated alkanes) is 1. The topological polar surface area (TPSA) is 95.1 Å². The molecule has 1 N–H and O–H groups in total. The predicted octanol–water partition coefficient (Wildman–Crippen LogP) is 4.48. The van der Waals surface area contributed by atoms with Crippen LogP contribution in [0.4, 0.5) is 13.2 Å². The van der Waals surface area contributed by atoms with E-state index < -0.39 is 17.7 Å². The van der Waals surface area contributed by atoms with Crippen LogP contribution in [0.25, 0.3) is 5.82 Å². The molecule has 3 rings (SSSR count). The van der Waals surface area contributed by atoms with Crippen molar-refractivity contribution in [2.24, 2.45) is 0 Å². The molecule has 0 aliphatic heterocycles. The van der Waals surface area contributed by atoms with Crippen LogP contribution in [0, 0.1) is 0 Å². The summed E-state index contributed by atoms with van der Waals surface area (Å²) in [5.74, 6) is -0.317. The largest absolute Gasteiger partial charge is 0.481 e. The van der Waals surface area contributed by atoms with E-state index in [2.05, 4.69) is 22.1 Å². The van der Waals surface area contributed by atoms with Crippen molar-refractivity contribution in [3.63, 3.8) is 0 Å². The van der Waals surface area contributed by atoms with Gasteiger partial charge in [0.1, 0.15) is 0 Å². The molecule has 0 aliphatic carbocycles. The van der Waals surface area contributed by atoms with E-state index >= 15 is 0 Å². The normalized spacial score (nSPS) is 11.7. The Labute approximate surface area is 195 Å². The number of aromatic nitrogens is 5. The third-order valence-electron chi connectivity index (χ3n) is 5.25. The van der Waals surface area contributed by atoms with E-state index in [0.29, 0.717) is 43.3 Å². The first-order chi connectivity index (χ1) is 16.2. The van der Waals surface area contributed by atoms with E-state index in [1.54, 1.807) is 17.1 Å². The van der Waals surface area contributed by atoms with Crippen LogP contribution in [0.2, 0.25) is 0 Å². The minimum absolute atomic E-state index is 0.163. The quantitative estimate of drug-likeness (QED) is 0.385. The Kier molecular flexibility index (Phi) is 8.30. The summed E-state index contributed by atoms with van der Waals surface area (Å²) in [7, 11) is 0. The lowest BCUT2D eigenvalue weighted by Crippen LogP contribution is -2.07. The molecule has 0 saturated carbocycles. The SMILES string of the molecule is CCCCc1nn(-c2ccc(C(F)(F)F)cn2)cc1CCCOc1nn(CC)cc1CC(=O)O. The van der Waals surface area contributed by atoms with Crippen molar-refractivity contribution in [1.29, 1.82) is 0 Å². The lowest BCUT2D eigenvalue weighted by Gasteiger charge is -2.06. The van der Waals surface area contributed by atoms with Gasteiger partial charge in [0.25, 0.3) is 0 Å². The molecule has 0 spiro atoms. The van der Waals surface area contributed by atoms with Gasteiger partial charge in [-0.15, -0.1) is 5.10 Å².